The van der Waals surface area contributed by atoms with Crippen molar-refractivity contribution in [3.8, 4) is 11.3 Å². The Morgan fingerprint density at radius 3 is 2.47 bits per heavy atom. The number of benzene rings is 2. The second-order valence-electron chi connectivity index (χ2n) is 11.7. The van der Waals surface area contributed by atoms with Crippen molar-refractivity contribution in [2.75, 3.05) is 48.3 Å². The number of amides is 1. The van der Waals surface area contributed by atoms with Crippen LogP contribution < -0.4 is 15.1 Å². The lowest BCUT2D eigenvalue weighted by molar-refractivity contribution is 0.102. The first kappa shape index (κ1) is 27.4. The second-order valence-corrected chi connectivity index (χ2v) is 12.1. The predicted molar refractivity (Wildman–Crippen MR) is 170 cm³/mol. The monoisotopic (exact) mass is 595 g/mol. The fraction of sp³-hybridized carbons (Fsp3) is 0.312. The van der Waals surface area contributed by atoms with E-state index in [1.54, 1.807) is 10.7 Å². The molecule has 220 valence electrons. The number of hydrogen-bond donors (Lipinski definition) is 2. The summed E-state index contributed by atoms with van der Waals surface area (Å²) in [4.78, 5) is 25.8. The molecule has 7 rings (SSSR count). The molecular weight excluding hydrogens is 562 g/mol. The van der Waals surface area contributed by atoms with Gasteiger partial charge in [0.1, 0.15) is 5.82 Å². The number of nitrogens with one attached hydrogen (secondary N) is 2. The van der Waals surface area contributed by atoms with E-state index in [2.05, 4.69) is 69.3 Å². The molecule has 1 saturated heterocycles. The summed E-state index contributed by atoms with van der Waals surface area (Å²) in [7, 11) is 2.15. The van der Waals surface area contributed by atoms with Crippen molar-refractivity contribution in [3.63, 3.8) is 0 Å². The van der Waals surface area contributed by atoms with Crippen LogP contribution in [0.15, 0.2) is 60.9 Å². The van der Waals surface area contributed by atoms with Gasteiger partial charge in [0.05, 0.1) is 11.9 Å². The van der Waals surface area contributed by atoms with Gasteiger partial charge in [0.25, 0.3) is 5.91 Å². The first-order valence-electron chi connectivity index (χ1n) is 14.6. The minimum atomic E-state index is -0.260. The number of H-pyrrole nitrogens is 1. The SMILES string of the molecule is CC(C)c1c(C(=O)Nc2ccc(N3CCN(C)CC3)cc2)nn2c(-c3cn[nH]c3)cc(N3Cc4ccc(Cl)cc4C3)nc12. The Bertz CT molecular complexity index is 1790. The van der Waals surface area contributed by atoms with Crippen LogP contribution in [0.5, 0.6) is 0 Å². The van der Waals surface area contributed by atoms with E-state index >= 15 is 0 Å². The number of piperazine rings is 1. The van der Waals surface area contributed by atoms with Gasteiger partial charge in [0, 0.05) is 79.1 Å². The van der Waals surface area contributed by atoms with Gasteiger partial charge in [-0.15, -0.1) is 0 Å². The molecule has 0 saturated carbocycles. The molecule has 0 unspecified atom stereocenters. The molecule has 11 heteroatoms. The van der Waals surface area contributed by atoms with Crippen molar-refractivity contribution >= 4 is 40.3 Å². The van der Waals surface area contributed by atoms with Crippen LogP contribution in [0, 0.1) is 0 Å². The van der Waals surface area contributed by atoms with E-state index in [4.69, 9.17) is 21.7 Å². The lowest BCUT2D eigenvalue weighted by Gasteiger charge is -2.34. The lowest BCUT2D eigenvalue weighted by Crippen LogP contribution is -2.44. The van der Waals surface area contributed by atoms with E-state index in [-0.39, 0.29) is 11.8 Å². The maximum atomic E-state index is 13.8. The van der Waals surface area contributed by atoms with Crippen LogP contribution >= 0.6 is 11.6 Å². The minimum absolute atomic E-state index is 0.00684. The highest BCUT2D eigenvalue weighted by Gasteiger charge is 2.28. The molecule has 3 aromatic heterocycles. The summed E-state index contributed by atoms with van der Waals surface area (Å²) in [6.07, 6.45) is 3.59. The maximum absolute atomic E-state index is 13.8. The number of carbonyl (C=O) groups excluding carboxylic acids is 1. The minimum Gasteiger partial charge on any atom is -0.369 e. The first-order valence-corrected chi connectivity index (χ1v) is 15.0. The number of halogens is 1. The number of fused-ring (bicyclic) bond motifs is 2. The van der Waals surface area contributed by atoms with Crippen molar-refractivity contribution in [2.45, 2.75) is 32.9 Å². The van der Waals surface area contributed by atoms with Gasteiger partial charge in [-0.2, -0.15) is 10.2 Å². The van der Waals surface area contributed by atoms with Crippen LogP contribution in [-0.2, 0) is 13.1 Å². The number of likely N-dealkylation sites (N-methyl/N-ethyl adjacent to an activating group) is 1. The van der Waals surface area contributed by atoms with Crippen LogP contribution in [0.4, 0.5) is 17.2 Å². The van der Waals surface area contributed by atoms with Gasteiger partial charge in [-0.3, -0.25) is 9.89 Å². The molecule has 2 N–H and O–H groups in total. The Hall–Kier alpha value is -4.41. The third kappa shape index (κ3) is 5.21. The number of anilines is 3. The van der Waals surface area contributed by atoms with Crippen molar-refractivity contribution < 1.29 is 4.79 Å². The highest BCUT2D eigenvalue weighted by molar-refractivity contribution is 6.30. The molecule has 0 atom stereocenters. The smallest absolute Gasteiger partial charge is 0.276 e. The highest BCUT2D eigenvalue weighted by atomic mass is 35.5. The summed E-state index contributed by atoms with van der Waals surface area (Å²) in [5.74, 6) is 0.557. The molecule has 43 heavy (non-hydrogen) atoms. The van der Waals surface area contributed by atoms with Crippen LogP contribution in [0.25, 0.3) is 16.9 Å². The Morgan fingerprint density at radius 2 is 1.74 bits per heavy atom. The Balaban J connectivity index is 1.23. The van der Waals surface area contributed by atoms with Crippen molar-refractivity contribution in [1.29, 1.82) is 0 Å². The summed E-state index contributed by atoms with van der Waals surface area (Å²) in [5, 5.41) is 15.7. The number of nitrogens with zero attached hydrogens (tertiary/aromatic N) is 7. The molecular formula is C32H34ClN9O. The Kier molecular flexibility index (Phi) is 7.03. The largest absolute Gasteiger partial charge is 0.369 e. The number of carbonyl (C=O) groups is 1. The Morgan fingerprint density at radius 1 is 0.977 bits per heavy atom. The summed E-state index contributed by atoms with van der Waals surface area (Å²) in [6.45, 7) is 9.63. The van der Waals surface area contributed by atoms with E-state index < -0.39 is 0 Å². The van der Waals surface area contributed by atoms with E-state index in [1.807, 2.05) is 36.5 Å². The fourth-order valence-corrected chi connectivity index (χ4v) is 6.21. The second kappa shape index (κ2) is 11.0. The molecule has 0 radical (unpaired) electrons. The van der Waals surface area contributed by atoms with E-state index in [0.29, 0.717) is 17.9 Å². The van der Waals surface area contributed by atoms with Gasteiger partial charge in [0.15, 0.2) is 11.3 Å². The zero-order valence-corrected chi connectivity index (χ0v) is 25.3. The van der Waals surface area contributed by atoms with E-state index in [9.17, 15) is 4.79 Å². The molecule has 2 aliphatic rings. The van der Waals surface area contributed by atoms with Crippen LogP contribution in [0.2, 0.25) is 5.02 Å². The van der Waals surface area contributed by atoms with Gasteiger partial charge >= 0.3 is 0 Å². The molecule has 2 aliphatic heterocycles. The predicted octanol–water partition coefficient (Wildman–Crippen LogP) is 5.42. The third-order valence-corrected chi connectivity index (χ3v) is 8.64. The summed E-state index contributed by atoms with van der Waals surface area (Å²) >= 11 is 6.28. The van der Waals surface area contributed by atoms with Crippen molar-refractivity contribution in [2.24, 2.45) is 0 Å². The van der Waals surface area contributed by atoms with E-state index in [1.165, 1.54) is 11.1 Å². The molecule has 0 bridgehead atoms. The zero-order chi connectivity index (χ0) is 29.7. The quantitative estimate of drug-likeness (QED) is 0.270. The summed E-state index contributed by atoms with van der Waals surface area (Å²) < 4.78 is 1.77. The molecule has 5 heterocycles. The number of rotatable bonds is 6. The lowest BCUT2D eigenvalue weighted by atomic mass is 10.0. The standard InChI is InChI=1S/C32H34ClN9O/c1-20(2)29-30(32(43)36-25-6-8-26(9-7-25)40-12-10-39(3)11-13-40)38-42-27(23-16-34-35-17-23)15-28(37-31(29)42)41-18-21-4-5-24(33)14-22(21)19-41/h4-9,14-17,20H,10-13,18-19H2,1-3H3,(H,34,35)(H,36,43). The summed E-state index contributed by atoms with van der Waals surface area (Å²) in [5.41, 5.74) is 7.80. The maximum Gasteiger partial charge on any atom is 0.276 e. The average Bonchev–Trinajstić information content (AvgIpc) is 3.76. The van der Waals surface area contributed by atoms with Crippen LogP contribution in [0.3, 0.4) is 0 Å². The molecule has 1 fully saturated rings. The average molecular weight is 596 g/mol. The number of hydrogen-bond acceptors (Lipinski definition) is 7. The van der Waals surface area contributed by atoms with Gasteiger partial charge in [-0.1, -0.05) is 31.5 Å². The van der Waals surface area contributed by atoms with Crippen molar-refractivity contribution in [1.82, 2.24) is 29.7 Å². The Labute approximate surface area is 255 Å². The van der Waals surface area contributed by atoms with Gasteiger partial charge < -0.3 is 20.0 Å². The zero-order valence-electron chi connectivity index (χ0n) is 24.5. The van der Waals surface area contributed by atoms with Gasteiger partial charge in [-0.05, 0) is 60.5 Å². The van der Waals surface area contributed by atoms with Crippen LogP contribution in [-0.4, -0.2) is 68.8 Å². The highest BCUT2D eigenvalue weighted by Crippen LogP contribution is 2.34. The summed E-state index contributed by atoms with van der Waals surface area (Å²) in [6, 6.07) is 16.1. The van der Waals surface area contributed by atoms with Crippen molar-refractivity contribution in [3.05, 3.63) is 88.3 Å². The molecule has 1 amide bonds. The fourth-order valence-electron chi connectivity index (χ4n) is 6.01. The van der Waals surface area contributed by atoms with Gasteiger partial charge in [0.2, 0.25) is 0 Å². The van der Waals surface area contributed by atoms with Gasteiger partial charge in [-0.25, -0.2) is 9.50 Å². The molecule has 0 spiro atoms. The third-order valence-electron chi connectivity index (χ3n) is 8.41. The normalized spacial score (nSPS) is 15.5. The molecule has 5 aromatic rings. The van der Waals surface area contributed by atoms with E-state index in [0.717, 1.165) is 71.8 Å². The molecule has 0 aliphatic carbocycles. The topological polar surface area (TPSA) is 97.7 Å². The molecule has 10 nitrogen and oxygen atoms in total. The number of aromatic nitrogens is 5. The number of aromatic amines is 1. The van der Waals surface area contributed by atoms with Crippen LogP contribution in [0.1, 0.15) is 46.9 Å². The first-order chi connectivity index (χ1) is 20.8. The molecule has 2 aromatic carbocycles.